The fourth-order valence-corrected chi connectivity index (χ4v) is 1.67. The monoisotopic (exact) mass is 246 g/mol. The summed E-state index contributed by atoms with van der Waals surface area (Å²) >= 11 is 0. The lowest BCUT2D eigenvalue weighted by Crippen LogP contribution is -2.09. The minimum absolute atomic E-state index is 0.105. The number of nitrogens with zero attached hydrogens (tertiary/aromatic N) is 2. The molecular formula is C12H14N4O2. The molecule has 0 unspecified atom stereocenters. The first kappa shape index (κ1) is 12.1. The molecule has 0 bridgehead atoms. The summed E-state index contributed by atoms with van der Waals surface area (Å²) in [6.07, 6.45) is 3.44. The van der Waals surface area contributed by atoms with E-state index in [1.807, 2.05) is 12.1 Å². The predicted molar refractivity (Wildman–Crippen MR) is 66.6 cm³/mol. The van der Waals surface area contributed by atoms with E-state index in [1.54, 1.807) is 19.3 Å². The van der Waals surface area contributed by atoms with Crippen LogP contribution in [0.5, 0.6) is 0 Å². The number of pyridine rings is 1. The molecule has 94 valence electrons. The maximum atomic E-state index is 11.5. The maximum Gasteiger partial charge on any atom is 0.310 e. The molecule has 0 aliphatic heterocycles. The predicted octanol–water partition coefficient (Wildman–Crippen LogP) is 1.16. The summed E-state index contributed by atoms with van der Waals surface area (Å²) in [7, 11) is 0. The van der Waals surface area contributed by atoms with Crippen LogP contribution >= 0.6 is 0 Å². The van der Waals surface area contributed by atoms with E-state index in [2.05, 4.69) is 15.2 Å². The van der Waals surface area contributed by atoms with E-state index in [-0.39, 0.29) is 12.4 Å². The molecule has 0 saturated carbocycles. The number of anilines is 1. The molecule has 0 amide bonds. The Kier molecular flexibility index (Phi) is 3.57. The van der Waals surface area contributed by atoms with E-state index in [1.165, 1.54) is 0 Å². The van der Waals surface area contributed by atoms with Crippen molar-refractivity contribution in [1.82, 2.24) is 15.2 Å². The zero-order valence-electron chi connectivity index (χ0n) is 10.0. The lowest BCUT2D eigenvalue weighted by Gasteiger charge is -2.04. The molecule has 18 heavy (non-hydrogen) atoms. The number of ether oxygens (including phenoxy) is 1. The summed E-state index contributed by atoms with van der Waals surface area (Å²) < 4.78 is 4.91. The van der Waals surface area contributed by atoms with Crippen molar-refractivity contribution in [2.45, 2.75) is 13.3 Å². The van der Waals surface area contributed by atoms with Crippen LogP contribution in [0.15, 0.2) is 24.5 Å². The number of hydrogen-bond acceptors (Lipinski definition) is 5. The van der Waals surface area contributed by atoms with Crippen molar-refractivity contribution in [3.05, 3.63) is 30.1 Å². The number of aromatic nitrogens is 3. The normalized spacial score (nSPS) is 10.3. The number of aromatic amines is 1. The smallest absolute Gasteiger partial charge is 0.310 e. The van der Waals surface area contributed by atoms with Crippen LogP contribution in [-0.4, -0.2) is 27.8 Å². The van der Waals surface area contributed by atoms with Crippen molar-refractivity contribution in [2.75, 3.05) is 12.3 Å². The number of carbonyl (C=O) groups is 1. The molecule has 6 nitrogen and oxygen atoms in total. The van der Waals surface area contributed by atoms with Gasteiger partial charge < -0.3 is 10.5 Å². The summed E-state index contributed by atoms with van der Waals surface area (Å²) in [6, 6.07) is 3.64. The quantitative estimate of drug-likeness (QED) is 0.789. The van der Waals surface area contributed by atoms with Gasteiger partial charge in [0.15, 0.2) is 0 Å². The molecule has 0 fully saturated rings. The van der Waals surface area contributed by atoms with Crippen molar-refractivity contribution in [3.8, 4) is 11.3 Å². The highest BCUT2D eigenvalue weighted by molar-refractivity contribution is 5.79. The molecule has 0 radical (unpaired) electrons. The second-order valence-corrected chi connectivity index (χ2v) is 3.68. The molecule has 3 N–H and O–H groups in total. The van der Waals surface area contributed by atoms with E-state index in [4.69, 9.17) is 10.5 Å². The Morgan fingerprint density at radius 1 is 1.44 bits per heavy atom. The third-order valence-electron chi connectivity index (χ3n) is 2.49. The summed E-state index contributed by atoms with van der Waals surface area (Å²) in [5.41, 5.74) is 8.02. The van der Waals surface area contributed by atoms with Gasteiger partial charge in [0.05, 0.1) is 18.7 Å². The molecule has 2 aromatic rings. The summed E-state index contributed by atoms with van der Waals surface area (Å²) in [5, 5.41) is 6.76. The minimum atomic E-state index is -0.319. The van der Waals surface area contributed by atoms with Crippen molar-refractivity contribution in [1.29, 1.82) is 0 Å². The first-order valence-corrected chi connectivity index (χ1v) is 5.61. The third kappa shape index (κ3) is 2.48. The van der Waals surface area contributed by atoms with Gasteiger partial charge in [-0.3, -0.25) is 14.9 Å². The highest BCUT2D eigenvalue weighted by Crippen LogP contribution is 2.25. The number of esters is 1. The maximum absolute atomic E-state index is 11.5. The SMILES string of the molecule is CCOC(=O)Cc1c(N)n[nH]c1-c1ccncc1. The Morgan fingerprint density at radius 3 is 2.83 bits per heavy atom. The molecule has 0 aliphatic carbocycles. The molecule has 6 heteroatoms. The van der Waals surface area contributed by atoms with Crippen LogP contribution in [0.1, 0.15) is 12.5 Å². The molecule has 0 saturated heterocycles. The number of carbonyl (C=O) groups excluding carboxylic acids is 1. The average Bonchev–Trinajstić information content (AvgIpc) is 2.73. The summed E-state index contributed by atoms with van der Waals surface area (Å²) in [5.74, 6) is -0.00392. The molecule has 0 atom stereocenters. The molecule has 2 heterocycles. The molecule has 2 aromatic heterocycles. The van der Waals surface area contributed by atoms with Crippen LogP contribution in [-0.2, 0) is 16.0 Å². The Hall–Kier alpha value is -2.37. The Bertz CT molecular complexity index is 536. The van der Waals surface area contributed by atoms with Crippen LogP contribution < -0.4 is 5.73 Å². The average molecular weight is 246 g/mol. The second kappa shape index (κ2) is 5.31. The molecule has 0 aliphatic rings. The van der Waals surface area contributed by atoms with Crippen LogP contribution in [0.4, 0.5) is 5.82 Å². The van der Waals surface area contributed by atoms with Gasteiger partial charge in [-0.05, 0) is 19.1 Å². The molecular weight excluding hydrogens is 232 g/mol. The first-order chi connectivity index (χ1) is 8.72. The van der Waals surface area contributed by atoms with Gasteiger partial charge in [0.2, 0.25) is 0 Å². The number of hydrogen-bond donors (Lipinski definition) is 2. The van der Waals surface area contributed by atoms with Crippen molar-refractivity contribution >= 4 is 11.8 Å². The van der Waals surface area contributed by atoms with Crippen molar-refractivity contribution in [3.63, 3.8) is 0 Å². The standard InChI is InChI=1S/C12H14N4O2/c1-2-18-10(17)7-9-11(15-16-12(9)13)8-3-5-14-6-4-8/h3-6H,2,7H2,1H3,(H3,13,15,16). The van der Waals surface area contributed by atoms with Gasteiger partial charge >= 0.3 is 5.97 Å². The van der Waals surface area contributed by atoms with E-state index in [0.717, 1.165) is 11.3 Å². The van der Waals surface area contributed by atoms with E-state index in [0.29, 0.717) is 18.0 Å². The minimum Gasteiger partial charge on any atom is -0.466 e. The zero-order valence-corrected chi connectivity index (χ0v) is 10.0. The number of nitrogens with two attached hydrogens (primary N) is 1. The molecule has 0 spiro atoms. The third-order valence-corrected chi connectivity index (χ3v) is 2.49. The van der Waals surface area contributed by atoms with Gasteiger partial charge in [-0.15, -0.1) is 0 Å². The fourth-order valence-electron chi connectivity index (χ4n) is 1.67. The van der Waals surface area contributed by atoms with E-state index < -0.39 is 0 Å². The van der Waals surface area contributed by atoms with Crippen molar-refractivity contribution < 1.29 is 9.53 Å². The summed E-state index contributed by atoms with van der Waals surface area (Å²) in [6.45, 7) is 2.11. The highest BCUT2D eigenvalue weighted by Gasteiger charge is 2.16. The second-order valence-electron chi connectivity index (χ2n) is 3.68. The van der Waals surface area contributed by atoms with Gasteiger partial charge in [-0.1, -0.05) is 0 Å². The number of nitrogens with one attached hydrogen (secondary N) is 1. The van der Waals surface area contributed by atoms with Gasteiger partial charge in [0.25, 0.3) is 0 Å². The number of rotatable bonds is 4. The lowest BCUT2D eigenvalue weighted by atomic mass is 10.1. The van der Waals surface area contributed by atoms with E-state index >= 15 is 0 Å². The largest absolute Gasteiger partial charge is 0.466 e. The van der Waals surface area contributed by atoms with Gasteiger partial charge in [-0.2, -0.15) is 5.10 Å². The fraction of sp³-hybridized carbons (Fsp3) is 0.250. The molecule has 2 rings (SSSR count). The molecule has 0 aromatic carbocycles. The van der Waals surface area contributed by atoms with Crippen molar-refractivity contribution in [2.24, 2.45) is 0 Å². The lowest BCUT2D eigenvalue weighted by molar-refractivity contribution is -0.142. The number of H-pyrrole nitrogens is 1. The zero-order chi connectivity index (χ0) is 13.0. The van der Waals surface area contributed by atoms with Gasteiger partial charge in [0, 0.05) is 23.5 Å². The Balaban J connectivity index is 2.30. The first-order valence-electron chi connectivity index (χ1n) is 5.61. The topological polar surface area (TPSA) is 93.9 Å². The van der Waals surface area contributed by atoms with Gasteiger partial charge in [0.1, 0.15) is 5.82 Å². The van der Waals surface area contributed by atoms with Crippen LogP contribution in [0.2, 0.25) is 0 Å². The highest BCUT2D eigenvalue weighted by atomic mass is 16.5. The van der Waals surface area contributed by atoms with Crippen LogP contribution in [0.25, 0.3) is 11.3 Å². The summed E-state index contributed by atoms with van der Waals surface area (Å²) in [4.78, 5) is 15.5. The van der Waals surface area contributed by atoms with Crippen LogP contribution in [0, 0.1) is 0 Å². The number of nitrogen functional groups attached to an aromatic ring is 1. The van der Waals surface area contributed by atoms with Crippen LogP contribution in [0.3, 0.4) is 0 Å². The van der Waals surface area contributed by atoms with E-state index in [9.17, 15) is 4.79 Å². The Labute approximate surface area is 104 Å². The Morgan fingerprint density at radius 2 is 2.17 bits per heavy atom. The van der Waals surface area contributed by atoms with Gasteiger partial charge in [-0.25, -0.2) is 0 Å².